The standard InChI is InChI=1S/C81H158O17P2/c1-6-9-12-15-18-21-24-26-27-28-29-30-31-34-38-42-47-52-57-62-67-81(86)98-77(71-92-79(84)65-60-55-50-45-41-37-35-32-33-36-39-43-48-53-58-63-74(4)5)73-96-100(89,90)94-69-75(82)68-93-99(87,88)95-72-76(70-91-78(83)64-59-54-49-44-23-20-17-14-11-8-3)97-80(85)66-61-56-51-46-40-25-22-19-16-13-10-7-2/h74-77,82H,6-73H2,1-5H3,(H,87,88)(H,89,90)/t75-,76+,77+/m0/s1. The molecule has 5 atom stereocenters. The summed E-state index contributed by atoms with van der Waals surface area (Å²) in [5.74, 6) is -1.30. The molecule has 0 aliphatic carbocycles. The first-order valence-electron chi connectivity index (χ1n) is 42.1. The van der Waals surface area contributed by atoms with Crippen molar-refractivity contribution in [2.45, 2.75) is 451 Å². The van der Waals surface area contributed by atoms with Crippen molar-refractivity contribution in [3.8, 4) is 0 Å². The average molecular weight is 1470 g/mol. The number of carbonyl (C=O) groups excluding carboxylic acids is 4. The second kappa shape index (κ2) is 73.9. The summed E-state index contributed by atoms with van der Waals surface area (Å²) in [5.41, 5.74) is 0. The molecule has 0 aromatic rings. The van der Waals surface area contributed by atoms with Gasteiger partial charge in [0.1, 0.15) is 19.3 Å². The normalized spacial score (nSPS) is 13.8. The molecule has 0 fully saturated rings. The largest absolute Gasteiger partial charge is 0.472 e. The highest BCUT2D eigenvalue weighted by Crippen LogP contribution is 2.45. The van der Waals surface area contributed by atoms with E-state index in [9.17, 15) is 43.2 Å². The van der Waals surface area contributed by atoms with E-state index in [2.05, 4.69) is 34.6 Å². The molecule has 594 valence electrons. The lowest BCUT2D eigenvalue weighted by molar-refractivity contribution is -0.161. The van der Waals surface area contributed by atoms with Gasteiger partial charge in [0, 0.05) is 25.7 Å². The van der Waals surface area contributed by atoms with Gasteiger partial charge in [-0.2, -0.15) is 0 Å². The number of ether oxygens (including phenoxy) is 4. The molecule has 100 heavy (non-hydrogen) atoms. The number of hydrogen-bond acceptors (Lipinski definition) is 15. The number of aliphatic hydroxyl groups excluding tert-OH is 1. The fourth-order valence-corrected chi connectivity index (χ4v) is 14.2. The van der Waals surface area contributed by atoms with E-state index in [4.69, 9.17) is 37.0 Å². The van der Waals surface area contributed by atoms with Crippen LogP contribution in [0.1, 0.15) is 433 Å². The van der Waals surface area contributed by atoms with Crippen molar-refractivity contribution in [3.05, 3.63) is 0 Å². The van der Waals surface area contributed by atoms with Gasteiger partial charge in [0.15, 0.2) is 12.2 Å². The van der Waals surface area contributed by atoms with Gasteiger partial charge in [0.25, 0.3) is 0 Å². The lowest BCUT2D eigenvalue weighted by atomic mass is 10.0. The van der Waals surface area contributed by atoms with Gasteiger partial charge < -0.3 is 33.8 Å². The summed E-state index contributed by atoms with van der Waals surface area (Å²) < 4.78 is 68.7. The monoisotopic (exact) mass is 1470 g/mol. The first kappa shape index (κ1) is 98.1. The minimum absolute atomic E-state index is 0.108. The molecule has 0 aliphatic heterocycles. The topological polar surface area (TPSA) is 237 Å². The Bertz CT molecular complexity index is 1910. The molecule has 17 nitrogen and oxygen atoms in total. The lowest BCUT2D eigenvalue weighted by Crippen LogP contribution is -2.30. The fraction of sp³-hybridized carbons (Fsp3) is 0.951. The number of carbonyl (C=O) groups is 4. The smallest absolute Gasteiger partial charge is 0.462 e. The Hall–Kier alpha value is -1.94. The van der Waals surface area contributed by atoms with Gasteiger partial charge in [-0.25, -0.2) is 9.13 Å². The highest BCUT2D eigenvalue weighted by atomic mass is 31.2. The van der Waals surface area contributed by atoms with E-state index in [1.807, 2.05) is 0 Å². The van der Waals surface area contributed by atoms with Crippen LogP contribution in [-0.4, -0.2) is 96.7 Å². The SMILES string of the molecule is CCCCCCCCCCCCCCCCCCCCCCC(=O)O[C@H](COC(=O)CCCCCCCCCCCCCCCCCC(C)C)COP(=O)(O)OC[C@@H](O)COP(=O)(O)OC[C@@H](COC(=O)CCCCCCCCCCCC)OC(=O)CCCCCCCCCCCCCC. The van der Waals surface area contributed by atoms with Crippen LogP contribution in [0.2, 0.25) is 0 Å². The minimum Gasteiger partial charge on any atom is -0.462 e. The summed E-state index contributed by atoms with van der Waals surface area (Å²) in [6.07, 6.45) is 65.2. The van der Waals surface area contributed by atoms with Crippen LogP contribution < -0.4 is 0 Å². The number of hydrogen-bond donors (Lipinski definition) is 3. The van der Waals surface area contributed by atoms with E-state index in [-0.39, 0.29) is 25.7 Å². The van der Waals surface area contributed by atoms with Crippen molar-refractivity contribution >= 4 is 39.5 Å². The molecular weight excluding hydrogens is 1310 g/mol. The van der Waals surface area contributed by atoms with Crippen LogP contribution in [-0.2, 0) is 65.4 Å². The number of phosphoric acid groups is 2. The molecule has 0 spiro atoms. The molecule has 0 aromatic heterocycles. The van der Waals surface area contributed by atoms with Crippen molar-refractivity contribution in [1.29, 1.82) is 0 Å². The molecule has 0 bridgehead atoms. The molecule has 0 saturated heterocycles. The zero-order valence-electron chi connectivity index (χ0n) is 65.3. The Morgan fingerprint density at radius 3 is 0.680 bits per heavy atom. The Labute approximate surface area is 613 Å². The minimum atomic E-state index is -4.96. The quantitative estimate of drug-likeness (QED) is 0.0222. The van der Waals surface area contributed by atoms with Crippen LogP contribution in [0.5, 0.6) is 0 Å². The zero-order chi connectivity index (χ0) is 73.4. The number of unbranched alkanes of at least 4 members (excludes halogenated alkanes) is 53. The Balaban J connectivity index is 5.21. The summed E-state index contributed by atoms with van der Waals surface area (Å²) in [6, 6.07) is 0. The van der Waals surface area contributed by atoms with Crippen LogP contribution >= 0.6 is 15.6 Å². The molecule has 2 unspecified atom stereocenters. The molecule has 0 heterocycles. The van der Waals surface area contributed by atoms with Gasteiger partial charge in [-0.05, 0) is 31.6 Å². The number of rotatable bonds is 81. The van der Waals surface area contributed by atoms with Gasteiger partial charge in [-0.1, -0.05) is 381 Å². The second-order valence-electron chi connectivity index (χ2n) is 29.6. The van der Waals surface area contributed by atoms with E-state index in [1.165, 1.54) is 257 Å². The van der Waals surface area contributed by atoms with Gasteiger partial charge >= 0.3 is 39.5 Å². The highest BCUT2D eigenvalue weighted by molar-refractivity contribution is 7.47. The van der Waals surface area contributed by atoms with Crippen LogP contribution in [0.15, 0.2) is 0 Å². The lowest BCUT2D eigenvalue weighted by Gasteiger charge is -2.21. The van der Waals surface area contributed by atoms with Crippen LogP contribution in [0.4, 0.5) is 0 Å². The summed E-state index contributed by atoms with van der Waals surface area (Å²) in [6.45, 7) is 7.35. The average Bonchev–Trinajstić information content (AvgIpc) is 0.923. The molecular formula is C81H158O17P2. The molecule has 0 saturated carbocycles. The van der Waals surface area contributed by atoms with Gasteiger partial charge in [0.05, 0.1) is 26.4 Å². The van der Waals surface area contributed by atoms with Crippen LogP contribution in [0, 0.1) is 5.92 Å². The van der Waals surface area contributed by atoms with Gasteiger partial charge in [-0.3, -0.25) is 37.3 Å². The van der Waals surface area contributed by atoms with E-state index < -0.39 is 97.5 Å². The number of phosphoric ester groups is 2. The molecule has 0 aliphatic rings. The predicted octanol–water partition coefficient (Wildman–Crippen LogP) is 24.4. The van der Waals surface area contributed by atoms with Gasteiger partial charge in [0.2, 0.25) is 0 Å². The van der Waals surface area contributed by atoms with Crippen LogP contribution in [0.25, 0.3) is 0 Å². The van der Waals surface area contributed by atoms with Crippen LogP contribution in [0.3, 0.4) is 0 Å². The van der Waals surface area contributed by atoms with Crippen molar-refractivity contribution < 1.29 is 80.2 Å². The first-order valence-corrected chi connectivity index (χ1v) is 45.1. The molecule has 0 aromatic carbocycles. The molecule has 19 heteroatoms. The van der Waals surface area contributed by atoms with E-state index in [0.717, 1.165) is 95.8 Å². The maximum atomic E-state index is 13.1. The number of aliphatic hydroxyl groups is 1. The number of esters is 4. The summed E-state index contributed by atoms with van der Waals surface area (Å²) in [7, 11) is -9.92. The Kier molecular flexibility index (Phi) is 72.5. The highest BCUT2D eigenvalue weighted by Gasteiger charge is 2.30. The summed E-state index contributed by atoms with van der Waals surface area (Å²) >= 11 is 0. The third kappa shape index (κ3) is 74.3. The van der Waals surface area contributed by atoms with E-state index in [1.54, 1.807) is 0 Å². The molecule has 3 N–H and O–H groups in total. The van der Waals surface area contributed by atoms with Crippen molar-refractivity contribution in [2.75, 3.05) is 39.6 Å². The second-order valence-corrected chi connectivity index (χ2v) is 32.5. The molecule has 0 radical (unpaired) electrons. The molecule has 0 rings (SSSR count). The maximum absolute atomic E-state index is 13.1. The van der Waals surface area contributed by atoms with Crippen molar-refractivity contribution in [3.63, 3.8) is 0 Å². The van der Waals surface area contributed by atoms with Crippen molar-refractivity contribution in [2.24, 2.45) is 5.92 Å². The Morgan fingerprint density at radius 1 is 0.270 bits per heavy atom. The van der Waals surface area contributed by atoms with E-state index in [0.29, 0.717) is 25.7 Å². The first-order chi connectivity index (χ1) is 48.5. The summed E-state index contributed by atoms with van der Waals surface area (Å²) in [5, 5.41) is 10.6. The van der Waals surface area contributed by atoms with Gasteiger partial charge in [-0.15, -0.1) is 0 Å². The fourth-order valence-electron chi connectivity index (χ4n) is 12.6. The maximum Gasteiger partial charge on any atom is 0.472 e. The van der Waals surface area contributed by atoms with Crippen molar-refractivity contribution in [1.82, 2.24) is 0 Å². The summed E-state index contributed by atoms with van der Waals surface area (Å²) in [4.78, 5) is 73.0. The third-order valence-corrected chi connectivity index (χ3v) is 20.9. The third-order valence-electron chi connectivity index (χ3n) is 19.0. The zero-order valence-corrected chi connectivity index (χ0v) is 67.1. The predicted molar refractivity (Wildman–Crippen MR) is 409 cm³/mol. The Morgan fingerprint density at radius 2 is 0.460 bits per heavy atom. The van der Waals surface area contributed by atoms with E-state index >= 15 is 0 Å². The molecule has 0 amide bonds.